The first kappa shape index (κ1) is 16.4. The Kier molecular flexibility index (Phi) is 4.94. The molecular formula is C17H24N2O4. The lowest BCUT2D eigenvalue weighted by atomic mass is 9.79. The van der Waals surface area contributed by atoms with Gasteiger partial charge in [0.2, 0.25) is 0 Å². The standard InChI is InChI=1S/C17H24N2O4/c1-22-17-6-5-13(23-11-10-20)12-15(17)19(9-7-17)16(21)14-4-2-3-8-18-14/h2-4,8,13,15,20H,5-7,9-12H2,1H3/t13-,15-,17+/m0/s1. The fourth-order valence-electron chi connectivity index (χ4n) is 3.91. The zero-order chi connectivity index (χ0) is 16.3. The fraction of sp³-hybridized carbons (Fsp3) is 0.647. The van der Waals surface area contributed by atoms with Crippen molar-refractivity contribution in [3.8, 4) is 0 Å². The molecule has 0 radical (unpaired) electrons. The number of hydrogen-bond acceptors (Lipinski definition) is 5. The van der Waals surface area contributed by atoms with Crippen molar-refractivity contribution in [2.45, 2.75) is 43.4 Å². The highest BCUT2D eigenvalue weighted by molar-refractivity contribution is 5.92. The number of amides is 1. The maximum Gasteiger partial charge on any atom is 0.272 e. The van der Waals surface area contributed by atoms with Crippen molar-refractivity contribution in [1.29, 1.82) is 0 Å². The molecule has 2 aliphatic rings. The number of fused-ring (bicyclic) bond motifs is 1. The number of likely N-dealkylation sites (tertiary alicyclic amines) is 1. The summed E-state index contributed by atoms with van der Waals surface area (Å²) in [5, 5.41) is 8.95. The van der Waals surface area contributed by atoms with Gasteiger partial charge in [0, 0.05) is 19.9 Å². The number of aliphatic hydroxyl groups is 1. The summed E-state index contributed by atoms with van der Waals surface area (Å²) in [5.41, 5.74) is 0.196. The largest absolute Gasteiger partial charge is 0.394 e. The van der Waals surface area contributed by atoms with E-state index in [9.17, 15) is 4.79 Å². The van der Waals surface area contributed by atoms with Crippen LogP contribution in [0.15, 0.2) is 24.4 Å². The normalized spacial score (nSPS) is 30.3. The molecule has 0 bridgehead atoms. The minimum atomic E-state index is -0.274. The Morgan fingerprint density at radius 2 is 2.35 bits per heavy atom. The van der Waals surface area contributed by atoms with Gasteiger partial charge in [-0.25, -0.2) is 0 Å². The van der Waals surface area contributed by atoms with E-state index in [1.165, 1.54) is 0 Å². The van der Waals surface area contributed by atoms with Gasteiger partial charge in [0.25, 0.3) is 5.91 Å². The summed E-state index contributed by atoms with van der Waals surface area (Å²) in [5.74, 6) is -0.0441. The van der Waals surface area contributed by atoms with Crippen LogP contribution in [0.2, 0.25) is 0 Å². The highest BCUT2D eigenvalue weighted by Gasteiger charge is 2.52. The molecule has 1 saturated heterocycles. The van der Waals surface area contributed by atoms with Crippen molar-refractivity contribution in [1.82, 2.24) is 9.88 Å². The second-order valence-electron chi connectivity index (χ2n) is 6.24. The third kappa shape index (κ3) is 3.11. The van der Waals surface area contributed by atoms with Gasteiger partial charge in [-0.3, -0.25) is 9.78 Å². The predicted octanol–water partition coefficient (Wildman–Crippen LogP) is 1.24. The van der Waals surface area contributed by atoms with Crippen LogP contribution in [0.1, 0.15) is 36.2 Å². The monoisotopic (exact) mass is 320 g/mol. The molecular weight excluding hydrogens is 296 g/mol. The van der Waals surface area contributed by atoms with Gasteiger partial charge in [0.15, 0.2) is 0 Å². The smallest absolute Gasteiger partial charge is 0.272 e. The van der Waals surface area contributed by atoms with Crippen LogP contribution in [0.4, 0.5) is 0 Å². The first-order valence-corrected chi connectivity index (χ1v) is 8.20. The number of rotatable bonds is 5. The Bertz CT molecular complexity index is 539. The first-order chi connectivity index (χ1) is 11.2. The van der Waals surface area contributed by atoms with E-state index >= 15 is 0 Å². The molecule has 1 N–H and O–H groups in total. The first-order valence-electron chi connectivity index (χ1n) is 8.20. The van der Waals surface area contributed by atoms with Gasteiger partial charge in [0.1, 0.15) is 5.69 Å². The molecule has 23 heavy (non-hydrogen) atoms. The lowest BCUT2D eigenvalue weighted by Crippen LogP contribution is -2.53. The zero-order valence-electron chi connectivity index (χ0n) is 13.5. The number of carbonyl (C=O) groups excluding carboxylic acids is 1. The topological polar surface area (TPSA) is 71.9 Å². The number of nitrogens with zero attached hydrogens (tertiary/aromatic N) is 2. The molecule has 6 heteroatoms. The average Bonchev–Trinajstić information content (AvgIpc) is 2.99. The van der Waals surface area contributed by atoms with E-state index in [0.717, 1.165) is 25.7 Å². The number of ether oxygens (including phenoxy) is 2. The van der Waals surface area contributed by atoms with Crippen LogP contribution in [0.25, 0.3) is 0 Å². The molecule has 1 amide bonds. The van der Waals surface area contributed by atoms with Crippen LogP contribution in [0, 0.1) is 0 Å². The van der Waals surface area contributed by atoms with E-state index in [1.54, 1.807) is 25.4 Å². The van der Waals surface area contributed by atoms with Crippen molar-refractivity contribution in [3.05, 3.63) is 30.1 Å². The van der Waals surface area contributed by atoms with Crippen LogP contribution >= 0.6 is 0 Å². The molecule has 3 atom stereocenters. The number of aliphatic hydroxyl groups excluding tert-OH is 1. The highest BCUT2D eigenvalue weighted by atomic mass is 16.5. The molecule has 1 aromatic rings. The number of pyridine rings is 1. The molecule has 0 aromatic carbocycles. The van der Waals surface area contributed by atoms with E-state index in [4.69, 9.17) is 14.6 Å². The number of hydrogen-bond donors (Lipinski definition) is 1. The lowest BCUT2D eigenvalue weighted by molar-refractivity contribution is -0.0992. The van der Waals surface area contributed by atoms with Crippen molar-refractivity contribution in [2.75, 3.05) is 26.9 Å². The van der Waals surface area contributed by atoms with E-state index < -0.39 is 0 Å². The van der Waals surface area contributed by atoms with E-state index in [0.29, 0.717) is 18.8 Å². The summed E-state index contributed by atoms with van der Waals surface area (Å²) in [6, 6.07) is 5.38. The molecule has 2 heterocycles. The Balaban J connectivity index is 1.78. The summed E-state index contributed by atoms with van der Waals surface area (Å²) in [6.07, 6.45) is 5.06. The highest BCUT2D eigenvalue weighted by Crippen LogP contribution is 2.43. The Hall–Kier alpha value is -1.50. The Labute approximate surface area is 136 Å². The molecule has 1 aromatic heterocycles. The maximum absolute atomic E-state index is 12.8. The van der Waals surface area contributed by atoms with Crippen LogP contribution < -0.4 is 0 Å². The Morgan fingerprint density at radius 1 is 1.48 bits per heavy atom. The molecule has 1 aliphatic heterocycles. The third-order valence-electron chi connectivity index (χ3n) is 5.13. The van der Waals surface area contributed by atoms with Gasteiger partial charge in [-0.05, 0) is 37.8 Å². The fourth-order valence-corrected chi connectivity index (χ4v) is 3.91. The predicted molar refractivity (Wildman–Crippen MR) is 84.1 cm³/mol. The van der Waals surface area contributed by atoms with Gasteiger partial charge in [-0.15, -0.1) is 0 Å². The Morgan fingerprint density at radius 3 is 3.04 bits per heavy atom. The van der Waals surface area contributed by atoms with E-state index in [1.807, 2.05) is 11.0 Å². The maximum atomic E-state index is 12.8. The van der Waals surface area contributed by atoms with Gasteiger partial charge < -0.3 is 19.5 Å². The molecule has 0 spiro atoms. The van der Waals surface area contributed by atoms with Crippen molar-refractivity contribution in [3.63, 3.8) is 0 Å². The van der Waals surface area contributed by atoms with Crippen LogP contribution in [0.3, 0.4) is 0 Å². The van der Waals surface area contributed by atoms with Crippen molar-refractivity contribution >= 4 is 5.91 Å². The molecule has 0 unspecified atom stereocenters. The minimum absolute atomic E-state index is 0.000510. The zero-order valence-corrected chi connectivity index (χ0v) is 13.5. The van der Waals surface area contributed by atoms with Gasteiger partial charge in [-0.1, -0.05) is 6.07 Å². The van der Waals surface area contributed by atoms with Gasteiger partial charge in [0.05, 0.1) is 31.0 Å². The number of methoxy groups -OCH3 is 1. The molecule has 6 nitrogen and oxygen atoms in total. The summed E-state index contributed by atoms with van der Waals surface area (Å²) in [4.78, 5) is 18.9. The van der Waals surface area contributed by atoms with E-state index in [2.05, 4.69) is 4.98 Å². The molecule has 3 rings (SSSR count). The van der Waals surface area contributed by atoms with E-state index in [-0.39, 0.29) is 30.3 Å². The molecule has 1 saturated carbocycles. The summed E-state index contributed by atoms with van der Waals surface area (Å²) < 4.78 is 11.6. The lowest BCUT2D eigenvalue weighted by Gasteiger charge is -2.43. The second kappa shape index (κ2) is 6.95. The van der Waals surface area contributed by atoms with Crippen molar-refractivity contribution in [2.24, 2.45) is 0 Å². The van der Waals surface area contributed by atoms with Gasteiger partial charge >= 0.3 is 0 Å². The number of aromatic nitrogens is 1. The quantitative estimate of drug-likeness (QED) is 0.884. The minimum Gasteiger partial charge on any atom is -0.394 e. The summed E-state index contributed by atoms with van der Waals surface area (Å²) >= 11 is 0. The van der Waals surface area contributed by atoms with Crippen LogP contribution in [0.5, 0.6) is 0 Å². The average molecular weight is 320 g/mol. The summed E-state index contributed by atoms with van der Waals surface area (Å²) in [7, 11) is 1.73. The third-order valence-corrected chi connectivity index (χ3v) is 5.13. The summed E-state index contributed by atoms with van der Waals surface area (Å²) in [6.45, 7) is 1.04. The van der Waals surface area contributed by atoms with Crippen LogP contribution in [-0.2, 0) is 9.47 Å². The second-order valence-corrected chi connectivity index (χ2v) is 6.24. The SMILES string of the molecule is CO[C@@]12CC[C@H](OCCO)C[C@@H]1N(C(=O)c1ccccn1)CC2. The molecule has 126 valence electrons. The number of carbonyl (C=O) groups is 1. The van der Waals surface area contributed by atoms with Crippen LogP contribution in [-0.4, -0.2) is 65.5 Å². The van der Waals surface area contributed by atoms with Gasteiger partial charge in [-0.2, -0.15) is 0 Å². The molecule has 2 fully saturated rings. The molecule has 1 aliphatic carbocycles. The van der Waals surface area contributed by atoms with Crippen molar-refractivity contribution < 1.29 is 19.4 Å².